The molecule has 1 saturated carbocycles. The van der Waals surface area contributed by atoms with E-state index in [-0.39, 0.29) is 23.3 Å². The predicted octanol–water partition coefficient (Wildman–Crippen LogP) is 2.21. The van der Waals surface area contributed by atoms with E-state index < -0.39 is 5.97 Å². The van der Waals surface area contributed by atoms with Crippen molar-refractivity contribution in [3.05, 3.63) is 17.5 Å². The van der Waals surface area contributed by atoms with Crippen molar-refractivity contribution in [2.45, 2.75) is 45.6 Å². The van der Waals surface area contributed by atoms with Gasteiger partial charge >= 0.3 is 5.97 Å². The summed E-state index contributed by atoms with van der Waals surface area (Å²) in [5, 5.41) is 13.2. The van der Waals surface area contributed by atoms with E-state index in [1.54, 1.807) is 18.5 Å². The highest BCUT2D eigenvalue weighted by atomic mass is 16.4. The Morgan fingerprint density at radius 3 is 2.39 bits per heavy atom. The minimum absolute atomic E-state index is 0.177. The molecule has 0 aliphatic heterocycles. The van der Waals surface area contributed by atoms with Crippen LogP contribution in [0.25, 0.3) is 0 Å². The second-order valence-corrected chi connectivity index (χ2v) is 5.01. The van der Waals surface area contributed by atoms with Gasteiger partial charge in [0.1, 0.15) is 11.3 Å². The van der Waals surface area contributed by atoms with E-state index >= 15 is 0 Å². The molecule has 1 aromatic heterocycles. The lowest BCUT2D eigenvalue weighted by Gasteiger charge is -2.28. The van der Waals surface area contributed by atoms with E-state index in [2.05, 4.69) is 5.10 Å². The molecule has 2 rings (SSSR count). The summed E-state index contributed by atoms with van der Waals surface area (Å²) >= 11 is 0. The minimum atomic E-state index is -0.934. The molecular weight excluding hydrogens is 232 g/mol. The van der Waals surface area contributed by atoms with Gasteiger partial charge in [-0.3, -0.25) is 9.48 Å². The van der Waals surface area contributed by atoms with Crippen LogP contribution < -0.4 is 0 Å². The Labute approximate surface area is 106 Å². The maximum atomic E-state index is 11.3. The normalized spacial score (nSPS) is 23.9. The average molecular weight is 250 g/mol. The van der Waals surface area contributed by atoms with Gasteiger partial charge < -0.3 is 5.11 Å². The fraction of sp³-hybridized carbons (Fsp3) is 0.615. The Kier molecular flexibility index (Phi) is 3.50. The number of hydrogen-bond acceptors (Lipinski definition) is 3. The van der Waals surface area contributed by atoms with Gasteiger partial charge in [0, 0.05) is 5.92 Å². The number of Topliss-reactive ketones (excluding diaryl/α,β-unsaturated/α-hetero) is 1. The van der Waals surface area contributed by atoms with Crippen LogP contribution >= 0.6 is 0 Å². The lowest BCUT2D eigenvalue weighted by molar-refractivity contribution is -0.121. The Morgan fingerprint density at radius 1 is 1.33 bits per heavy atom. The van der Waals surface area contributed by atoms with Crippen LogP contribution in [-0.2, 0) is 4.79 Å². The summed E-state index contributed by atoms with van der Waals surface area (Å²) in [5.74, 6) is -0.496. The molecule has 1 heterocycles. The molecule has 1 N–H and O–H groups in total. The zero-order chi connectivity index (χ0) is 13.3. The molecule has 0 bridgehead atoms. The van der Waals surface area contributed by atoms with Gasteiger partial charge in [0.2, 0.25) is 0 Å². The molecule has 0 amide bonds. The van der Waals surface area contributed by atoms with E-state index in [1.807, 2.05) is 0 Å². The Bertz CT molecular complexity index is 471. The van der Waals surface area contributed by atoms with E-state index in [0.717, 1.165) is 25.7 Å². The van der Waals surface area contributed by atoms with Gasteiger partial charge in [-0.2, -0.15) is 5.10 Å². The van der Waals surface area contributed by atoms with E-state index in [4.69, 9.17) is 5.11 Å². The smallest absolute Gasteiger partial charge is 0.339 e. The van der Waals surface area contributed by atoms with Crippen molar-refractivity contribution in [2.24, 2.45) is 5.92 Å². The maximum absolute atomic E-state index is 11.3. The number of carbonyl (C=O) groups excluding carboxylic acids is 1. The largest absolute Gasteiger partial charge is 0.478 e. The highest BCUT2D eigenvalue weighted by Crippen LogP contribution is 2.33. The first-order valence-corrected chi connectivity index (χ1v) is 6.28. The Balaban J connectivity index is 2.10. The first-order chi connectivity index (χ1) is 8.50. The highest BCUT2D eigenvalue weighted by Gasteiger charge is 2.27. The number of carboxylic acids is 1. The van der Waals surface area contributed by atoms with Crippen LogP contribution in [0, 0.1) is 12.8 Å². The average Bonchev–Trinajstić information content (AvgIpc) is 2.71. The quantitative estimate of drug-likeness (QED) is 0.892. The van der Waals surface area contributed by atoms with Crippen LogP contribution in [0.3, 0.4) is 0 Å². The fourth-order valence-electron chi connectivity index (χ4n) is 2.73. The zero-order valence-electron chi connectivity index (χ0n) is 10.7. The van der Waals surface area contributed by atoms with Crippen molar-refractivity contribution in [3.8, 4) is 0 Å². The van der Waals surface area contributed by atoms with Crippen molar-refractivity contribution in [1.29, 1.82) is 0 Å². The van der Waals surface area contributed by atoms with Crippen LogP contribution in [0.4, 0.5) is 0 Å². The topological polar surface area (TPSA) is 72.2 Å². The number of ketones is 1. The van der Waals surface area contributed by atoms with E-state index in [0.29, 0.717) is 5.69 Å². The number of carboxylic acid groups (broad SMARTS) is 1. The first kappa shape index (κ1) is 12.8. The predicted molar refractivity (Wildman–Crippen MR) is 65.6 cm³/mol. The summed E-state index contributed by atoms with van der Waals surface area (Å²) in [5.41, 5.74) is 0.970. The third-order valence-corrected chi connectivity index (χ3v) is 3.89. The third kappa shape index (κ3) is 2.30. The molecule has 1 aliphatic rings. The van der Waals surface area contributed by atoms with Crippen molar-refractivity contribution in [3.63, 3.8) is 0 Å². The van der Waals surface area contributed by atoms with Crippen molar-refractivity contribution in [1.82, 2.24) is 9.78 Å². The van der Waals surface area contributed by atoms with Gasteiger partial charge in [-0.25, -0.2) is 4.79 Å². The first-order valence-electron chi connectivity index (χ1n) is 6.28. The number of nitrogens with zero attached hydrogens (tertiary/aromatic N) is 2. The second-order valence-electron chi connectivity index (χ2n) is 5.01. The molecule has 98 valence electrons. The molecule has 0 atom stereocenters. The summed E-state index contributed by atoms with van der Waals surface area (Å²) in [6, 6.07) is 0.230. The standard InChI is InChI=1S/C13H18N2O3/c1-8-12(13(17)18)7-14-15(8)11-5-3-10(4-6-11)9(2)16/h7,10-11H,3-6H2,1-2H3,(H,17,18)/t10-,11-. The number of hydrogen-bond donors (Lipinski definition) is 1. The molecule has 0 aromatic carbocycles. The van der Waals surface area contributed by atoms with Crippen molar-refractivity contribution < 1.29 is 14.7 Å². The molecule has 5 heteroatoms. The van der Waals surface area contributed by atoms with Crippen LogP contribution in [0.5, 0.6) is 0 Å². The summed E-state index contributed by atoms with van der Waals surface area (Å²) in [6.45, 7) is 3.43. The molecule has 0 saturated heterocycles. The van der Waals surface area contributed by atoms with Gasteiger partial charge in [0.25, 0.3) is 0 Å². The number of carbonyl (C=O) groups is 2. The fourth-order valence-corrected chi connectivity index (χ4v) is 2.73. The maximum Gasteiger partial charge on any atom is 0.339 e. The van der Waals surface area contributed by atoms with Gasteiger partial charge in [-0.15, -0.1) is 0 Å². The lowest BCUT2D eigenvalue weighted by atomic mass is 9.84. The third-order valence-electron chi connectivity index (χ3n) is 3.89. The molecule has 1 aromatic rings. The van der Waals surface area contributed by atoms with Crippen LogP contribution in [0.15, 0.2) is 6.20 Å². The monoisotopic (exact) mass is 250 g/mol. The molecule has 1 aliphatic carbocycles. The number of rotatable bonds is 3. The summed E-state index contributed by atoms with van der Waals surface area (Å²) in [6.07, 6.45) is 4.95. The Hall–Kier alpha value is -1.65. The second kappa shape index (κ2) is 4.92. The number of aromatic carboxylic acids is 1. The van der Waals surface area contributed by atoms with Crippen molar-refractivity contribution in [2.75, 3.05) is 0 Å². The van der Waals surface area contributed by atoms with Gasteiger partial charge in [0.15, 0.2) is 0 Å². The summed E-state index contributed by atoms with van der Waals surface area (Å²) in [7, 11) is 0. The molecule has 5 nitrogen and oxygen atoms in total. The van der Waals surface area contributed by atoms with Gasteiger partial charge in [-0.1, -0.05) is 0 Å². The molecule has 0 unspecified atom stereocenters. The van der Waals surface area contributed by atoms with Crippen LogP contribution in [0.2, 0.25) is 0 Å². The molecule has 18 heavy (non-hydrogen) atoms. The lowest BCUT2D eigenvalue weighted by Crippen LogP contribution is -2.23. The molecular formula is C13H18N2O3. The van der Waals surface area contributed by atoms with Crippen molar-refractivity contribution >= 4 is 11.8 Å². The SMILES string of the molecule is Cc1c(C(=O)O)cnn1[C@H]1CC[C@H](C(C)=O)CC1. The van der Waals surface area contributed by atoms with E-state index in [1.165, 1.54) is 6.20 Å². The Morgan fingerprint density at radius 2 is 1.94 bits per heavy atom. The van der Waals surface area contributed by atoms with Crippen LogP contribution in [-0.4, -0.2) is 26.6 Å². The van der Waals surface area contributed by atoms with Gasteiger partial charge in [-0.05, 0) is 39.5 Å². The van der Waals surface area contributed by atoms with E-state index in [9.17, 15) is 9.59 Å². The zero-order valence-corrected chi connectivity index (χ0v) is 10.7. The number of aromatic nitrogens is 2. The highest BCUT2D eigenvalue weighted by molar-refractivity contribution is 5.88. The molecule has 0 radical (unpaired) electrons. The molecule has 1 fully saturated rings. The minimum Gasteiger partial charge on any atom is -0.478 e. The van der Waals surface area contributed by atoms with Crippen LogP contribution in [0.1, 0.15) is 54.7 Å². The summed E-state index contributed by atoms with van der Waals surface area (Å²) < 4.78 is 1.81. The molecule has 0 spiro atoms. The summed E-state index contributed by atoms with van der Waals surface area (Å²) in [4.78, 5) is 22.3. The van der Waals surface area contributed by atoms with Gasteiger partial charge in [0.05, 0.1) is 17.9 Å².